The monoisotopic (exact) mass is 312 g/mol. The van der Waals surface area contributed by atoms with Gasteiger partial charge in [0.15, 0.2) is 5.69 Å². The van der Waals surface area contributed by atoms with Crippen molar-refractivity contribution in [3.8, 4) is 0 Å². The summed E-state index contributed by atoms with van der Waals surface area (Å²) in [7, 11) is 0. The van der Waals surface area contributed by atoms with Gasteiger partial charge in [0.1, 0.15) is 5.60 Å². The number of amides is 1. The third-order valence-corrected chi connectivity index (χ3v) is 2.89. The average Bonchev–Trinajstić information content (AvgIpc) is 2.81. The van der Waals surface area contributed by atoms with Crippen molar-refractivity contribution in [1.29, 1.82) is 0 Å². The van der Waals surface area contributed by atoms with E-state index in [1.54, 1.807) is 45.4 Å². The van der Waals surface area contributed by atoms with Gasteiger partial charge in [-0.3, -0.25) is 0 Å². The van der Waals surface area contributed by atoms with Crippen molar-refractivity contribution in [2.45, 2.75) is 33.3 Å². The van der Waals surface area contributed by atoms with E-state index in [0.29, 0.717) is 18.0 Å². The molecule has 1 heterocycles. The van der Waals surface area contributed by atoms with Gasteiger partial charge in [0, 0.05) is 6.54 Å². The average molecular weight is 312 g/mol. The summed E-state index contributed by atoms with van der Waals surface area (Å²) in [4.78, 5) is 27.7. The Bertz CT molecular complexity index is 517. The second-order valence-electron chi connectivity index (χ2n) is 5.07. The van der Waals surface area contributed by atoms with Crippen LogP contribution in [0.4, 0.5) is 4.79 Å². The highest BCUT2D eigenvalue weighted by atomic mass is 32.1. The van der Waals surface area contributed by atoms with Gasteiger partial charge in [-0.05, 0) is 33.8 Å². The van der Waals surface area contributed by atoms with E-state index >= 15 is 0 Å². The number of carbonyl (C=O) groups is 2. The van der Waals surface area contributed by atoms with E-state index in [1.165, 1.54) is 11.3 Å². The lowest BCUT2D eigenvalue weighted by Crippen LogP contribution is -2.32. The molecular formula is C14H20N2O4S. The molecule has 0 saturated carbocycles. The van der Waals surface area contributed by atoms with Gasteiger partial charge < -0.3 is 14.8 Å². The van der Waals surface area contributed by atoms with Crippen LogP contribution >= 0.6 is 11.3 Å². The molecular weight excluding hydrogens is 292 g/mol. The number of hydrogen-bond donors (Lipinski definition) is 1. The molecule has 1 aromatic rings. The van der Waals surface area contributed by atoms with Gasteiger partial charge in [-0.1, -0.05) is 6.08 Å². The van der Waals surface area contributed by atoms with Crippen molar-refractivity contribution in [3.05, 3.63) is 22.2 Å². The summed E-state index contributed by atoms with van der Waals surface area (Å²) < 4.78 is 10.0. The molecule has 0 fully saturated rings. The largest absolute Gasteiger partial charge is 0.461 e. The molecule has 0 aliphatic rings. The molecule has 21 heavy (non-hydrogen) atoms. The van der Waals surface area contributed by atoms with Crippen LogP contribution in [0, 0.1) is 0 Å². The number of thiazole rings is 1. The number of esters is 1. The Hall–Kier alpha value is -1.89. The minimum atomic E-state index is -0.525. The maximum Gasteiger partial charge on any atom is 0.407 e. The highest BCUT2D eigenvalue weighted by Crippen LogP contribution is 2.16. The molecule has 1 rings (SSSR count). The predicted octanol–water partition coefficient (Wildman–Crippen LogP) is 2.86. The van der Waals surface area contributed by atoms with Crippen LogP contribution in [-0.4, -0.2) is 35.8 Å². The molecule has 0 saturated heterocycles. The number of nitrogens with zero attached hydrogens (tertiary/aromatic N) is 1. The molecule has 1 amide bonds. The molecule has 0 radical (unpaired) electrons. The van der Waals surface area contributed by atoms with Crippen molar-refractivity contribution in [2.24, 2.45) is 0 Å². The standard InChI is InChI=1S/C14H20N2O4S/c1-5-19-12(17)11-10(21-9-16-11)7-6-8-15-13(18)20-14(2,3)4/h6-7,9H,5,8H2,1-4H3,(H,15,18). The predicted molar refractivity (Wildman–Crippen MR) is 81.3 cm³/mol. The first kappa shape index (κ1) is 17.2. The van der Waals surface area contributed by atoms with E-state index in [-0.39, 0.29) is 5.69 Å². The van der Waals surface area contributed by atoms with Gasteiger partial charge in [0.05, 0.1) is 17.0 Å². The maximum absolute atomic E-state index is 11.6. The number of alkyl carbamates (subject to hydrolysis) is 1. The van der Waals surface area contributed by atoms with Crippen LogP contribution in [0.3, 0.4) is 0 Å². The zero-order chi connectivity index (χ0) is 15.9. The first-order chi connectivity index (χ1) is 9.83. The summed E-state index contributed by atoms with van der Waals surface area (Å²) >= 11 is 1.33. The van der Waals surface area contributed by atoms with Gasteiger partial charge in [-0.25, -0.2) is 14.6 Å². The zero-order valence-corrected chi connectivity index (χ0v) is 13.5. The third-order valence-electron chi connectivity index (χ3n) is 2.10. The van der Waals surface area contributed by atoms with Gasteiger partial charge in [0.2, 0.25) is 0 Å². The third kappa shape index (κ3) is 6.40. The number of aromatic nitrogens is 1. The smallest absolute Gasteiger partial charge is 0.407 e. The lowest BCUT2D eigenvalue weighted by atomic mass is 10.2. The molecule has 0 spiro atoms. The number of nitrogens with one attached hydrogen (secondary N) is 1. The van der Waals surface area contributed by atoms with Crippen LogP contribution in [0.5, 0.6) is 0 Å². The van der Waals surface area contributed by atoms with E-state index in [0.717, 1.165) is 0 Å². The quantitative estimate of drug-likeness (QED) is 0.846. The summed E-state index contributed by atoms with van der Waals surface area (Å²) in [6.45, 7) is 7.74. The van der Waals surface area contributed by atoms with E-state index in [4.69, 9.17) is 9.47 Å². The second kappa shape index (κ2) is 7.78. The Kier molecular flexibility index (Phi) is 6.36. The van der Waals surface area contributed by atoms with Crippen LogP contribution in [0.2, 0.25) is 0 Å². The van der Waals surface area contributed by atoms with Gasteiger partial charge in [-0.2, -0.15) is 0 Å². The second-order valence-corrected chi connectivity index (χ2v) is 5.96. The summed E-state index contributed by atoms with van der Waals surface area (Å²) in [6, 6.07) is 0. The van der Waals surface area contributed by atoms with Crippen molar-refractivity contribution in [2.75, 3.05) is 13.2 Å². The first-order valence-electron chi connectivity index (χ1n) is 6.57. The van der Waals surface area contributed by atoms with Crippen molar-refractivity contribution in [3.63, 3.8) is 0 Å². The fourth-order valence-corrected chi connectivity index (χ4v) is 2.04. The SMILES string of the molecule is CCOC(=O)c1ncsc1C=CCNC(=O)OC(C)(C)C. The van der Waals surface area contributed by atoms with Gasteiger partial charge in [0.25, 0.3) is 0 Å². The van der Waals surface area contributed by atoms with Crippen molar-refractivity contribution >= 4 is 29.5 Å². The van der Waals surface area contributed by atoms with E-state index < -0.39 is 17.7 Å². The normalized spacial score (nSPS) is 11.4. The lowest BCUT2D eigenvalue weighted by Gasteiger charge is -2.19. The molecule has 6 nitrogen and oxygen atoms in total. The van der Waals surface area contributed by atoms with Crippen molar-refractivity contribution < 1.29 is 19.1 Å². The zero-order valence-electron chi connectivity index (χ0n) is 12.6. The van der Waals surface area contributed by atoms with Gasteiger partial charge in [-0.15, -0.1) is 11.3 Å². The molecule has 0 bridgehead atoms. The molecule has 0 aromatic carbocycles. The molecule has 0 unspecified atom stereocenters. The van der Waals surface area contributed by atoms with Crippen LogP contribution in [0.15, 0.2) is 11.6 Å². The highest BCUT2D eigenvalue weighted by molar-refractivity contribution is 7.10. The Morgan fingerprint density at radius 3 is 2.76 bits per heavy atom. The lowest BCUT2D eigenvalue weighted by molar-refractivity contribution is 0.0514. The van der Waals surface area contributed by atoms with Crippen LogP contribution < -0.4 is 5.32 Å². The van der Waals surface area contributed by atoms with Crippen molar-refractivity contribution in [1.82, 2.24) is 10.3 Å². The van der Waals surface area contributed by atoms with E-state index in [2.05, 4.69) is 10.3 Å². The Morgan fingerprint density at radius 1 is 1.43 bits per heavy atom. The maximum atomic E-state index is 11.6. The van der Waals surface area contributed by atoms with Gasteiger partial charge >= 0.3 is 12.1 Å². The van der Waals surface area contributed by atoms with Crippen LogP contribution in [-0.2, 0) is 9.47 Å². The Balaban J connectivity index is 2.49. The fraction of sp³-hybridized carbons (Fsp3) is 0.500. The van der Waals surface area contributed by atoms with Crippen LogP contribution in [0.1, 0.15) is 43.1 Å². The Morgan fingerprint density at radius 2 is 2.14 bits per heavy atom. The first-order valence-corrected chi connectivity index (χ1v) is 7.45. The minimum Gasteiger partial charge on any atom is -0.461 e. The topological polar surface area (TPSA) is 77.5 Å². The van der Waals surface area contributed by atoms with E-state index in [9.17, 15) is 9.59 Å². The summed E-state index contributed by atoms with van der Waals surface area (Å²) in [6.07, 6.45) is 2.96. The Labute approximate surface area is 128 Å². The van der Waals surface area contributed by atoms with E-state index in [1.807, 2.05) is 0 Å². The molecule has 1 N–H and O–H groups in total. The minimum absolute atomic E-state index is 0.287. The number of ether oxygens (including phenoxy) is 2. The molecule has 7 heteroatoms. The highest BCUT2D eigenvalue weighted by Gasteiger charge is 2.15. The molecule has 0 aliphatic carbocycles. The molecule has 0 atom stereocenters. The molecule has 116 valence electrons. The number of carbonyl (C=O) groups excluding carboxylic acids is 2. The summed E-state index contributed by atoms with van der Waals surface area (Å²) in [5.41, 5.74) is 1.34. The number of hydrogen-bond acceptors (Lipinski definition) is 6. The summed E-state index contributed by atoms with van der Waals surface area (Å²) in [5.74, 6) is -0.446. The summed E-state index contributed by atoms with van der Waals surface area (Å²) in [5, 5.41) is 2.60. The molecule has 0 aliphatic heterocycles. The fourth-order valence-electron chi connectivity index (χ4n) is 1.35. The number of rotatable bonds is 5. The van der Waals surface area contributed by atoms with Crippen LogP contribution in [0.25, 0.3) is 6.08 Å². The molecule has 1 aromatic heterocycles.